The lowest BCUT2D eigenvalue weighted by atomic mass is 9.93. The van der Waals surface area contributed by atoms with Gasteiger partial charge in [0.15, 0.2) is 5.78 Å². The number of carbonyl (C=O) groups excluding carboxylic acids is 4. The molecule has 0 spiro atoms. The Morgan fingerprint density at radius 3 is 1.57 bits per heavy atom. The minimum Gasteiger partial charge on any atom is -0.309 e. The van der Waals surface area contributed by atoms with Gasteiger partial charge in [-0.05, 0) is 142 Å². The van der Waals surface area contributed by atoms with Crippen molar-refractivity contribution >= 4 is 190 Å². The van der Waals surface area contributed by atoms with Crippen molar-refractivity contribution < 1.29 is 37.6 Å². The van der Waals surface area contributed by atoms with Gasteiger partial charge in [-0.1, -0.05) is 143 Å². The zero-order valence-electron chi connectivity index (χ0n) is 49.7. The number of aryl methyl sites for hydroxylation is 1. The Morgan fingerprint density at radius 1 is 0.667 bits per heavy atom. The minimum absolute atomic E-state index is 0.0726. The number of rotatable bonds is 19. The molecule has 0 aromatic heterocycles. The number of hydrogen-bond donors (Lipinski definition) is 0. The number of amides is 1. The monoisotopic (exact) mass is 1440 g/mol. The van der Waals surface area contributed by atoms with Gasteiger partial charge < -0.3 is 13.8 Å². The van der Waals surface area contributed by atoms with Gasteiger partial charge in [-0.15, -0.1) is 24.7 Å². The normalized spacial score (nSPS) is 10.3. The maximum Gasteiger partial charge on any atom is 0.335 e. The molecule has 23 heteroatoms. The summed E-state index contributed by atoms with van der Waals surface area (Å²) >= 11 is 41.8. The molecule has 0 heterocycles. The van der Waals surface area contributed by atoms with Crippen LogP contribution in [0.5, 0.6) is 0 Å². The van der Waals surface area contributed by atoms with Crippen molar-refractivity contribution in [3.63, 3.8) is 0 Å². The molecule has 470 valence electrons. The van der Waals surface area contributed by atoms with Crippen LogP contribution >= 0.6 is 54.0 Å². The first kappa shape index (κ1) is 85.3. The quantitative estimate of drug-likeness (QED) is 0.0149. The Balaban J connectivity index is 0. The standard InChI is InChI=1S/C15H13ClO.C15H15ClO.C13H13Cl.C11H16ClO3P.C6H8O.C4H9NO2.S5.S4/c1-9(17)15-11-5-2-4-10(11)8-13-12(15)6-3-7-14(13)16;1-13(17)9-5-3-2-4-6-10-14-11-7-8-12-15(14)16;1-2-3-4-5-6-9-12-10-7-8-11-13(12)14;1-3-14-16(13,15-4-2)9-10-7-5-6-8-11(10)12;1-2-3-4-5-6-7;1-4(6)5(2)7-3;1-3-5-4-2;1-3-4-2/h3,6-8H,2,4-5H2,1H3;6-8,10-12H,2-4H2,1H3;1,6-11H,3-5H2;5-8H,3-4,9H2,1-2H3;1,6H,3-5H2;1-3H3;;/b;10-6+;9-6+;;;;;. The summed E-state index contributed by atoms with van der Waals surface area (Å²) in [6.45, 7) is 8.86. The smallest absolute Gasteiger partial charge is 0.309 e. The highest BCUT2D eigenvalue weighted by molar-refractivity contribution is 8.59. The summed E-state index contributed by atoms with van der Waals surface area (Å²) in [5, 5.41) is 6.05. The first-order valence-electron chi connectivity index (χ1n) is 26.9. The van der Waals surface area contributed by atoms with Crippen LogP contribution in [0, 0.1) is 36.5 Å². The number of allylic oxidation sites excluding steroid dienone is 2. The van der Waals surface area contributed by atoms with Gasteiger partial charge in [-0.25, -0.2) is 5.06 Å². The third-order valence-corrected chi connectivity index (χ3v) is 21.1. The summed E-state index contributed by atoms with van der Waals surface area (Å²) in [4.78, 5) is 46.7. The van der Waals surface area contributed by atoms with E-state index >= 15 is 0 Å². The Bertz CT molecular complexity index is 3370. The number of carbonyl (C=O) groups is 4. The zero-order chi connectivity index (χ0) is 65.7. The van der Waals surface area contributed by atoms with E-state index in [2.05, 4.69) is 91.5 Å². The summed E-state index contributed by atoms with van der Waals surface area (Å²) in [6, 6.07) is 30.8. The number of nitrogens with zero attached hydrogens (tertiary/aromatic N) is 1. The van der Waals surface area contributed by atoms with Crippen LogP contribution in [-0.2, 0) is 141 Å². The van der Waals surface area contributed by atoms with Crippen LogP contribution in [0.1, 0.15) is 137 Å². The molecule has 0 fully saturated rings. The molecule has 1 amide bonds. The second-order valence-corrected chi connectivity index (χ2v) is 29.9. The maximum absolute atomic E-state index is 12.2. The second kappa shape index (κ2) is 56.2. The van der Waals surface area contributed by atoms with Crippen molar-refractivity contribution in [1.29, 1.82) is 0 Å². The average Bonchev–Trinajstić information content (AvgIpc) is 2.17. The molecule has 0 atom stereocenters. The number of ketones is 2. The summed E-state index contributed by atoms with van der Waals surface area (Å²) < 4.78 is 22.6. The molecule has 0 N–H and O–H groups in total. The minimum atomic E-state index is -3.05. The van der Waals surface area contributed by atoms with Crippen molar-refractivity contribution in [2.75, 3.05) is 27.4 Å². The first-order chi connectivity index (χ1) is 41.8. The Labute approximate surface area is 571 Å². The molecule has 0 saturated heterocycles. The number of terminal acetylenes is 2. The predicted octanol–water partition coefficient (Wildman–Crippen LogP) is 17.6. The highest BCUT2D eigenvalue weighted by Crippen LogP contribution is 2.52. The second-order valence-electron chi connectivity index (χ2n) is 17.3. The number of fused-ring (bicyclic) bond motifs is 2. The molecule has 0 unspecified atom stereocenters. The fourth-order valence-electron chi connectivity index (χ4n) is 7.10. The van der Waals surface area contributed by atoms with Gasteiger partial charge >= 0.3 is 7.60 Å². The van der Waals surface area contributed by atoms with Gasteiger partial charge in [0.2, 0.25) is 11.7 Å². The Hall–Kier alpha value is -3.75. The van der Waals surface area contributed by atoms with Gasteiger partial charge in [-0.3, -0.25) is 23.8 Å². The summed E-state index contributed by atoms with van der Waals surface area (Å²) in [5.41, 5.74) is 6.31. The number of hydroxylamine groups is 2. The van der Waals surface area contributed by atoms with Crippen molar-refractivity contribution in [2.24, 2.45) is 0 Å². The highest BCUT2D eigenvalue weighted by Gasteiger charge is 2.25. The van der Waals surface area contributed by atoms with Gasteiger partial charge in [0.25, 0.3) is 0 Å². The van der Waals surface area contributed by atoms with Gasteiger partial charge in [0.05, 0.1) is 26.5 Å². The maximum atomic E-state index is 12.2. The van der Waals surface area contributed by atoms with Crippen LogP contribution in [-0.4, -0.2) is 56.2 Å². The van der Waals surface area contributed by atoms with Crippen molar-refractivity contribution in [3.8, 4) is 36.5 Å². The molecule has 0 saturated carbocycles. The number of halogens is 4. The molecule has 0 bridgehead atoms. The number of unbranched alkanes of at least 4 members (excludes halogenated alkanes) is 6. The van der Waals surface area contributed by atoms with Crippen LogP contribution in [0.15, 0.2) is 109 Å². The van der Waals surface area contributed by atoms with Crippen LogP contribution in [0.2, 0.25) is 20.1 Å². The largest absolute Gasteiger partial charge is 0.335 e. The number of benzene rings is 5. The van der Waals surface area contributed by atoms with Gasteiger partial charge in [0.1, 0.15) is 6.29 Å². The summed E-state index contributed by atoms with van der Waals surface area (Å²) in [7, 11) is 6.24. The van der Waals surface area contributed by atoms with E-state index in [4.69, 9.17) is 68.3 Å². The number of Topliss-reactive ketones (excluding diaryl/α,β-unsaturated/α-hetero) is 2. The molecule has 0 radical (unpaired) electrons. The molecular formula is C64H74Cl4NO8PS9. The molecule has 0 aliphatic heterocycles. The number of aldehydes is 1. The van der Waals surface area contributed by atoms with Crippen molar-refractivity contribution in [2.45, 2.75) is 118 Å². The molecule has 5 aromatic carbocycles. The molecule has 9 nitrogen and oxygen atoms in total. The topological polar surface area (TPSA) is 116 Å². The summed E-state index contributed by atoms with van der Waals surface area (Å²) in [5.74, 6) is 10.4. The Kier molecular flexibility index (Phi) is 55.2. The van der Waals surface area contributed by atoms with E-state index in [1.165, 1.54) is 76.5 Å². The molecule has 1 aliphatic rings. The molecular weight excluding hydrogens is 1370 g/mol. The van der Waals surface area contributed by atoms with Crippen molar-refractivity contribution in [3.05, 3.63) is 163 Å². The fourth-order valence-corrected chi connectivity index (χ4v) is 12.5. The number of hydrogen-bond acceptors (Lipinski definition) is 12. The highest BCUT2D eigenvalue weighted by atomic mass is 35.5. The van der Waals surface area contributed by atoms with E-state index in [0.29, 0.717) is 24.7 Å². The van der Waals surface area contributed by atoms with Crippen LogP contribution < -0.4 is 0 Å². The van der Waals surface area contributed by atoms with Gasteiger partial charge in [0, 0.05) is 167 Å². The third kappa shape index (κ3) is 42.0. The molecule has 1 aliphatic carbocycles. The van der Waals surface area contributed by atoms with E-state index < -0.39 is 7.60 Å². The van der Waals surface area contributed by atoms with Gasteiger partial charge in [-0.2, -0.15) is 0 Å². The molecule has 5 aromatic rings. The lowest BCUT2D eigenvalue weighted by molar-refractivity contribution is -0.165. The lowest BCUT2D eigenvalue weighted by Gasteiger charge is -2.17. The lowest BCUT2D eigenvalue weighted by Crippen LogP contribution is -2.21. The van der Waals surface area contributed by atoms with E-state index in [9.17, 15) is 23.7 Å². The van der Waals surface area contributed by atoms with E-state index in [0.717, 1.165) is 130 Å². The Morgan fingerprint density at radius 2 is 1.16 bits per heavy atom. The first-order valence-corrected chi connectivity index (χ1v) is 39.4. The summed E-state index contributed by atoms with van der Waals surface area (Å²) in [6.07, 6.45) is 30.3. The zero-order valence-corrected chi connectivity index (χ0v) is 61.0. The van der Waals surface area contributed by atoms with E-state index in [-0.39, 0.29) is 23.6 Å². The van der Waals surface area contributed by atoms with Crippen LogP contribution in [0.3, 0.4) is 0 Å². The van der Waals surface area contributed by atoms with Crippen molar-refractivity contribution in [1.82, 2.24) is 5.06 Å². The third-order valence-electron chi connectivity index (χ3n) is 11.0. The van der Waals surface area contributed by atoms with Crippen LogP contribution in [0.4, 0.5) is 0 Å². The molecule has 87 heavy (non-hydrogen) atoms. The SMILES string of the molecule is C#CCCC/C=C/c1ccccc1Cl.C#CCCCC=O.CC(=O)C#CCCC/C=C/c1ccccc1Cl.CC(=O)c1c2c(cc3c(Cl)cccc13)CCC2.CCOP(=O)(Cc1ccccc1Cl)OCC.CON(C)C(C)=O.S=S=S=S.S=S=S=S=S. The molecule has 6 rings (SSSR count). The van der Waals surface area contributed by atoms with Crippen LogP contribution in [0.25, 0.3) is 22.9 Å². The fraction of sp³-hybridized carbons (Fsp3) is 0.344. The van der Waals surface area contributed by atoms with E-state index in [1.54, 1.807) is 33.9 Å². The predicted molar refractivity (Wildman–Crippen MR) is 393 cm³/mol. The average molecular weight is 1450 g/mol. The van der Waals surface area contributed by atoms with E-state index in [1.807, 2.05) is 97.1 Å².